The molecule has 0 aromatic heterocycles. The molecule has 3 N–H and O–H groups in total. The highest BCUT2D eigenvalue weighted by atomic mass is 16.6. The Hall–Kier alpha value is -1.10. The molecule has 0 radical (unpaired) electrons. The Morgan fingerprint density at radius 1 is 1.25 bits per heavy atom. The Labute approximate surface area is 70.6 Å². The summed E-state index contributed by atoms with van der Waals surface area (Å²) in [6, 6.07) is 0. The highest BCUT2D eigenvalue weighted by molar-refractivity contribution is 5.76. The summed E-state index contributed by atoms with van der Waals surface area (Å²) in [5.74, 6) is 0.0255. The zero-order valence-electron chi connectivity index (χ0n) is 7.37. The van der Waals surface area contributed by atoms with E-state index in [4.69, 9.17) is 20.1 Å². The van der Waals surface area contributed by atoms with Crippen molar-refractivity contribution in [2.45, 2.75) is 32.8 Å². The first-order chi connectivity index (χ1) is 5.15. The normalized spacial score (nSPS) is 9.67. The second kappa shape index (κ2) is 5.54. The van der Waals surface area contributed by atoms with Crippen LogP contribution in [0.2, 0.25) is 0 Å². The lowest BCUT2D eigenvalue weighted by Crippen LogP contribution is -2.21. The number of rotatable bonds is 2. The number of aliphatic hydroxyl groups is 1. The molecule has 0 spiro atoms. The van der Waals surface area contributed by atoms with E-state index in [-0.39, 0.29) is 12.2 Å². The van der Waals surface area contributed by atoms with E-state index < -0.39 is 11.8 Å². The van der Waals surface area contributed by atoms with Gasteiger partial charge in [0.05, 0.1) is 5.60 Å². The second-order valence-electron chi connectivity index (χ2n) is 2.97. The number of hydrogen-bond donors (Lipinski definition) is 3. The average molecular weight is 178 g/mol. The van der Waals surface area contributed by atoms with Gasteiger partial charge in [-0.25, -0.2) is 4.79 Å². The molecule has 0 saturated carbocycles. The molecule has 5 heteroatoms. The molecule has 0 aromatic carbocycles. The summed E-state index contributed by atoms with van der Waals surface area (Å²) in [4.78, 5) is 18.9. The van der Waals surface area contributed by atoms with Gasteiger partial charge in [0.25, 0.3) is 0 Å². The maximum Gasteiger partial charge on any atom is 0.503 e. The van der Waals surface area contributed by atoms with E-state index in [1.807, 2.05) is 0 Å². The van der Waals surface area contributed by atoms with Crippen LogP contribution in [-0.2, 0) is 4.79 Å². The second-order valence-corrected chi connectivity index (χ2v) is 2.97. The predicted molar refractivity (Wildman–Crippen MR) is 42.2 cm³/mol. The van der Waals surface area contributed by atoms with E-state index in [0.29, 0.717) is 0 Å². The first-order valence-electron chi connectivity index (χ1n) is 3.29. The van der Waals surface area contributed by atoms with Gasteiger partial charge in [-0.05, 0) is 20.8 Å². The minimum absolute atomic E-state index is 0.0255. The van der Waals surface area contributed by atoms with Crippen molar-refractivity contribution in [3.05, 3.63) is 0 Å². The molecule has 0 bridgehead atoms. The van der Waals surface area contributed by atoms with Crippen LogP contribution in [-0.4, -0.2) is 32.9 Å². The predicted octanol–water partition coefficient (Wildman–Crippen LogP) is 0.959. The lowest BCUT2D eigenvalue weighted by Gasteiger charge is -2.13. The van der Waals surface area contributed by atoms with Crippen LogP contribution in [0.3, 0.4) is 0 Å². The van der Waals surface area contributed by atoms with Crippen LogP contribution in [0.15, 0.2) is 0 Å². The zero-order chi connectivity index (χ0) is 10.4. The van der Waals surface area contributed by atoms with Gasteiger partial charge in [-0.2, -0.15) is 0 Å². The fourth-order valence-corrected chi connectivity index (χ4v) is 0.609. The fraction of sp³-hybridized carbons (Fsp3) is 0.714. The van der Waals surface area contributed by atoms with Gasteiger partial charge in [-0.1, -0.05) is 0 Å². The molecule has 0 aliphatic rings. The SMILES string of the molecule is CC(=O)CC(C)(C)O.O=C(O)O. The lowest BCUT2D eigenvalue weighted by atomic mass is 10.0. The Morgan fingerprint density at radius 2 is 1.50 bits per heavy atom. The van der Waals surface area contributed by atoms with Crippen molar-refractivity contribution in [3.63, 3.8) is 0 Å². The molecule has 72 valence electrons. The lowest BCUT2D eigenvalue weighted by molar-refractivity contribution is -0.120. The summed E-state index contributed by atoms with van der Waals surface area (Å²) in [5.41, 5.74) is -0.828. The van der Waals surface area contributed by atoms with E-state index in [0.717, 1.165) is 0 Å². The van der Waals surface area contributed by atoms with Crippen LogP contribution in [0, 0.1) is 0 Å². The number of carbonyl (C=O) groups is 2. The van der Waals surface area contributed by atoms with Crippen LogP contribution in [0.5, 0.6) is 0 Å². The van der Waals surface area contributed by atoms with Crippen LogP contribution in [0.4, 0.5) is 4.79 Å². The van der Waals surface area contributed by atoms with Crippen LogP contribution < -0.4 is 0 Å². The van der Waals surface area contributed by atoms with Crippen LogP contribution in [0.1, 0.15) is 27.2 Å². The van der Waals surface area contributed by atoms with E-state index in [2.05, 4.69) is 0 Å². The first-order valence-corrected chi connectivity index (χ1v) is 3.29. The fourth-order valence-electron chi connectivity index (χ4n) is 0.609. The number of carbonyl (C=O) groups excluding carboxylic acids is 1. The third kappa shape index (κ3) is 36.5. The van der Waals surface area contributed by atoms with Crippen molar-refractivity contribution in [2.24, 2.45) is 0 Å². The number of ketones is 1. The third-order valence-electron chi connectivity index (χ3n) is 0.682. The quantitative estimate of drug-likeness (QED) is 0.585. The number of Topliss-reactive ketones (excluding diaryl/α,β-unsaturated/α-hetero) is 1. The van der Waals surface area contributed by atoms with E-state index >= 15 is 0 Å². The van der Waals surface area contributed by atoms with Crippen molar-refractivity contribution in [3.8, 4) is 0 Å². The van der Waals surface area contributed by atoms with E-state index in [1.54, 1.807) is 13.8 Å². The minimum Gasteiger partial charge on any atom is -0.450 e. The van der Waals surface area contributed by atoms with Crippen molar-refractivity contribution in [1.82, 2.24) is 0 Å². The van der Waals surface area contributed by atoms with Crippen molar-refractivity contribution < 1.29 is 24.9 Å². The van der Waals surface area contributed by atoms with Crippen molar-refractivity contribution in [1.29, 1.82) is 0 Å². The smallest absolute Gasteiger partial charge is 0.450 e. The highest BCUT2D eigenvalue weighted by Gasteiger charge is 2.13. The Kier molecular flexibility index (Phi) is 6.22. The molecule has 0 heterocycles. The minimum atomic E-state index is -1.83. The molecule has 5 nitrogen and oxygen atoms in total. The van der Waals surface area contributed by atoms with Gasteiger partial charge in [0.1, 0.15) is 5.78 Å². The van der Waals surface area contributed by atoms with Gasteiger partial charge in [-0.3, -0.25) is 4.79 Å². The maximum atomic E-state index is 10.3. The summed E-state index contributed by atoms with van der Waals surface area (Å²) >= 11 is 0. The van der Waals surface area contributed by atoms with Crippen LogP contribution >= 0.6 is 0 Å². The molecule has 0 fully saturated rings. The molecule has 12 heavy (non-hydrogen) atoms. The summed E-state index contributed by atoms with van der Waals surface area (Å²) in [5, 5.41) is 22.9. The van der Waals surface area contributed by atoms with Gasteiger partial charge in [0.2, 0.25) is 0 Å². The van der Waals surface area contributed by atoms with Crippen molar-refractivity contribution in [2.75, 3.05) is 0 Å². The number of carboxylic acid groups (broad SMARTS) is 2. The van der Waals surface area contributed by atoms with E-state index in [1.165, 1.54) is 6.92 Å². The Morgan fingerprint density at radius 3 is 1.50 bits per heavy atom. The Bertz CT molecular complexity index is 152. The standard InChI is InChI=1S/C6H12O2.CH2O3/c1-5(7)4-6(2,3)8;2-1(3)4/h8H,4H2,1-3H3;(H2,2,3,4). The molecule has 0 rings (SSSR count). The van der Waals surface area contributed by atoms with Gasteiger partial charge in [-0.15, -0.1) is 0 Å². The molecule has 0 saturated heterocycles. The van der Waals surface area contributed by atoms with Gasteiger partial charge in [0, 0.05) is 6.42 Å². The summed E-state index contributed by atoms with van der Waals surface area (Å²) in [6.45, 7) is 4.71. The third-order valence-corrected chi connectivity index (χ3v) is 0.682. The molecule has 0 aliphatic heterocycles. The Balaban J connectivity index is 0. The highest BCUT2D eigenvalue weighted by Crippen LogP contribution is 2.06. The number of hydrogen-bond acceptors (Lipinski definition) is 3. The molecule has 0 aliphatic carbocycles. The zero-order valence-corrected chi connectivity index (χ0v) is 7.37. The molecular formula is C7H14O5. The molecule has 0 atom stereocenters. The topological polar surface area (TPSA) is 94.8 Å². The van der Waals surface area contributed by atoms with E-state index in [9.17, 15) is 4.79 Å². The van der Waals surface area contributed by atoms with Gasteiger partial charge >= 0.3 is 6.16 Å². The van der Waals surface area contributed by atoms with Gasteiger partial charge < -0.3 is 15.3 Å². The molecule has 0 unspecified atom stereocenters. The largest absolute Gasteiger partial charge is 0.503 e. The monoisotopic (exact) mass is 178 g/mol. The molecular weight excluding hydrogens is 164 g/mol. The van der Waals surface area contributed by atoms with Crippen LogP contribution in [0.25, 0.3) is 0 Å². The molecule has 0 amide bonds. The summed E-state index contributed by atoms with van der Waals surface area (Å²) in [7, 11) is 0. The summed E-state index contributed by atoms with van der Waals surface area (Å²) < 4.78 is 0. The van der Waals surface area contributed by atoms with Crippen molar-refractivity contribution >= 4 is 11.9 Å². The van der Waals surface area contributed by atoms with Gasteiger partial charge in [0.15, 0.2) is 0 Å². The maximum absolute atomic E-state index is 10.3. The average Bonchev–Trinajstić information content (AvgIpc) is 1.52. The summed E-state index contributed by atoms with van der Waals surface area (Å²) in [6.07, 6.45) is -1.59. The first kappa shape index (κ1) is 13.5. The molecule has 0 aromatic rings.